The smallest absolute Gasteiger partial charge is 0.162 e. The molecule has 0 amide bonds. The van der Waals surface area contributed by atoms with Gasteiger partial charge in [-0.25, -0.2) is 0 Å². The summed E-state index contributed by atoms with van der Waals surface area (Å²) in [6, 6.07) is 5.59. The number of piperazine rings is 1. The number of hydrogen-bond donors (Lipinski definition) is 2. The van der Waals surface area contributed by atoms with Crippen molar-refractivity contribution in [3.63, 3.8) is 0 Å². The second kappa shape index (κ2) is 8.22. The monoisotopic (exact) mass is 293 g/mol. The van der Waals surface area contributed by atoms with Gasteiger partial charge < -0.3 is 25.0 Å². The summed E-state index contributed by atoms with van der Waals surface area (Å²) in [4.78, 5) is 4.89. The maximum atomic E-state index is 10.00. The number of methoxy groups -OCH3 is 1. The van der Waals surface area contributed by atoms with Crippen LogP contribution in [0.15, 0.2) is 18.2 Å². The number of nitrogens with one attached hydrogen (secondary N) is 1. The van der Waals surface area contributed by atoms with Gasteiger partial charge in [-0.05, 0) is 32.6 Å². The van der Waals surface area contributed by atoms with Crippen LogP contribution in [0.4, 0.5) is 0 Å². The lowest BCUT2D eigenvalue weighted by Gasteiger charge is -2.32. The van der Waals surface area contributed by atoms with Gasteiger partial charge in [-0.15, -0.1) is 0 Å². The first-order valence-corrected chi connectivity index (χ1v) is 7.67. The highest BCUT2D eigenvalue weighted by Crippen LogP contribution is 2.28. The molecule has 1 aliphatic rings. The highest BCUT2D eigenvalue weighted by Gasteiger charge is 2.12. The number of hydrogen-bond acceptors (Lipinski definition) is 5. The molecule has 0 saturated carbocycles. The van der Waals surface area contributed by atoms with Gasteiger partial charge in [-0.2, -0.15) is 0 Å². The van der Waals surface area contributed by atoms with E-state index in [2.05, 4.69) is 22.2 Å². The first kappa shape index (κ1) is 16.1. The molecule has 0 bridgehead atoms. The Bertz CT molecular complexity index is 432. The Labute approximate surface area is 127 Å². The molecule has 1 fully saturated rings. The zero-order chi connectivity index (χ0) is 15.1. The van der Waals surface area contributed by atoms with E-state index in [1.54, 1.807) is 13.2 Å². The summed E-state index contributed by atoms with van der Waals surface area (Å²) in [6.45, 7) is 7.47. The molecule has 0 unspecified atom stereocenters. The van der Waals surface area contributed by atoms with Crippen LogP contribution in [0.25, 0.3) is 0 Å². The largest absolute Gasteiger partial charge is 0.504 e. The molecule has 1 saturated heterocycles. The van der Waals surface area contributed by atoms with Crippen LogP contribution in [-0.2, 0) is 6.54 Å². The average molecular weight is 293 g/mol. The van der Waals surface area contributed by atoms with Gasteiger partial charge in [-0.3, -0.25) is 0 Å². The highest BCUT2D eigenvalue weighted by molar-refractivity contribution is 5.45. The summed E-state index contributed by atoms with van der Waals surface area (Å²) in [5, 5.41) is 13.4. The number of phenols is 1. The van der Waals surface area contributed by atoms with Crippen LogP contribution in [-0.4, -0.2) is 68.3 Å². The van der Waals surface area contributed by atoms with Crippen LogP contribution in [0.1, 0.15) is 12.0 Å². The summed E-state index contributed by atoms with van der Waals surface area (Å²) >= 11 is 0. The average Bonchev–Trinajstić information content (AvgIpc) is 2.50. The molecule has 5 heteroatoms. The Kier molecular flexibility index (Phi) is 6.29. The van der Waals surface area contributed by atoms with E-state index in [0.717, 1.165) is 25.1 Å². The van der Waals surface area contributed by atoms with Crippen LogP contribution in [0.2, 0.25) is 0 Å². The predicted molar refractivity (Wildman–Crippen MR) is 84.9 cm³/mol. The van der Waals surface area contributed by atoms with Crippen LogP contribution in [0, 0.1) is 0 Å². The Morgan fingerprint density at radius 3 is 2.71 bits per heavy atom. The van der Waals surface area contributed by atoms with Crippen LogP contribution >= 0.6 is 0 Å². The van der Waals surface area contributed by atoms with Crippen LogP contribution in [0.3, 0.4) is 0 Å². The molecule has 2 rings (SSSR count). The molecule has 1 aromatic carbocycles. The third-order valence-corrected chi connectivity index (χ3v) is 4.04. The minimum Gasteiger partial charge on any atom is -0.504 e. The van der Waals surface area contributed by atoms with Gasteiger partial charge in [0.1, 0.15) is 0 Å². The number of ether oxygens (including phenoxy) is 1. The van der Waals surface area contributed by atoms with Crippen molar-refractivity contribution in [3.8, 4) is 11.5 Å². The molecule has 1 heterocycles. The maximum Gasteiger partial charge on any atom is 0.162 e. The summed E-state index contributed by atoms with van der Waals surface area (Å²) in [7, 11) is 3.75. The lowest BCUT2D eigenvalue weighted by atomic mass is 10.2. The Balaban J connectivity index is 1.64. The van der Waals surface area contributed by atoms with Crippen molar-refractivity contribution in [2.24, 2.45) is 0 Å². The van der Waals surface area contributed by atoms with Gasteiger partial charge in [-0.1, -0.05) is 12.1 Å². The molecule has 118 valence electrons. The van der Waals surface area contributed by atoms with Crippen molar-refractivity contribution >= 4 is 0 Å². The molecule has 5 nitrogen and oxygen atoms in total. The molecule has 2 N–H and O–H groups in total. The Morgan fingerprint density at radius 2 is 2.00 bits per heavy atom. The normalized spacial score (nSPS) is 17.0. The standard InChI is InChI=1S/C16H27N3O2/c1-18-9-11-19(12-10-18)8-4-7-17-13-14-5-3-6-15(21-2)16(14)20/h3,5-6,17,20H,4,7-13H2,1-2H3. The third-order valence-electron chi connectivity index (χ3n) is 4.04. The fourth-order valence-corrected chi connectivity index (χ4v) is 2.60. The number of rotatable bonds is 7. The fourth-order valence-electron chi connectivity index (χ4n) is 2.60. The lowest BCUT2D eigenvalue weighted by Crippen LogP contribution is -2.45. The first-order valence-electron chi connectivity index (χ1n) is 7.67. The van der Waals surface area contributed by atoms with Crippen LogP contribution in [0.5, 0.6) is 11.5 Å². The number of para-hydroxylation sites is 1. The van der Waals surface area contributed by atoms with Gasteiger partial charge in [0.2, 0.25) is 0 Å². The van der Waals surface area contributed by atoms with E-state index in [1.165, 1.54) is 26.2 Å². The van der Waals surface area contributed by atoms with E-state index in [-0.39, 0.29) is 5.75 Å². The molecule has 0 aliphatic carbocycles. The first-order chi connectivity index (χ1) is 10.2. The van der Waals surface area contributed by atoms with E-state index in [9.17, 15) is 5.11 Å². The minimum atomic E-state index is 0.242. The van der Waals surface area contributed by atoms with Crippen molar-refractivity contribution in [2.45, 2.75) is 13.0 Å². The number of aromatic hydroxyl groups is 1. The quantitative estimate of drug-likeness (QED) is 0.738. The molecule has 0 radical (unpaired) electrons. The van der Waals surface area contributed by atoms with E-state index in [4.69, 9.17) is 4.74 Å². The zero-order valence-corrected chi connectivity index (χ0v) is 13.1. The van der Waals surface area contributed by atoms with Gasteiger partial charge in [0.15, 0.2) is 11.5 Å². The topological polar surface area (TPSA) is 48.0 Å². The molecule has 0 atom stereocenters. The third kappa shape index (κ3) is 4.88. The van der Waals surface area contributed by atoms with Gasteiger partial charge in [0.25, 0.3) is 0 Å². The molecular weight excluding hydrogens is 266 g/mol. The summed E-state index contributed by atoms with van der Waals surface area (Å²) in [6.07, 6.45) is 1.13. The molecule has 1 aliphatic heterocycles. The van der Waals surface area contributed by atoms with E-state index in [1.807, 2.05) is 12.1 Å². The van der Waals surface area contributed by atoms with E-state index >= 15 is 0 Å². The van der Waals surface area contributed by atoms with Crippen molar-refractivity contribution < 1.29 is 9.84 Å². The molecule has 0 aromatic heterocycles. The van der Waals surface area contributed by atoms with Gasteiger partial charge >= 0.3 is 0 Å². The molecular formula is C16H27N3O2. The predicted octanol–water partition coefficient (Wildman–Crippen LogP) is 1.13. The van der Waals surface area contributed by atoms with Gasteiger partial charge in [0.05, 0.1) is 7.11 Å². The summed E-state index contributed by atoms with van der Waals surface area (Å²) in [5.74, 6) is 0.776. The summed E-state index contributed by atoms with van der Waals surface area (Å²) in [5.41, 5.74) is 0.883. The lowest BCUT2D eigenvalue weighted by molar-refractivity contribution is 0.152. The molecule has 0 spiro atoms. The zero-order valence-electron chi connectivity index (χ0n) is 13.1. The van der Waals surface area contributed by atoms with Crippen molar-refractivity contribution in [2.75, 3.05) is 53.4 Å². The second-order valence-corrected chi connectivity index (χ2v) is 5.64. The number of phenolic OH excluding ortho intramolecular Hbond substituents is 1. The van der Waals surface area contributed by atoms with E-state index < -0.39 is 0 Å². The molecule has 1 aromatic rings. The molecule has 21 heavy (non-hydrogen) atoms. The fraction of sp³-hybridized carbons (Fsp3) is 0.625. The highest BCUT2D eigenvalue weighted by atomic mass is 16.5. The number of nitrogens with zero attached hydrogens (tertiary/aromatic N) is 2. The minimum absolute atomic E-state index is 0.242. The maximum absolute atomic E-state index is 10.00. The number of benzene rings is 1. The summed E-state index contributed by atoms with van der Waals surface area (Å²) < 4.78 is 5.11. The van der Waals surface area contributed by atoms with E-state index in [0.29, 0.717) is 12.3 Å². The van der Waals surface area contributed by atoms with Crippen molar-refractivity contribution in [3.05, 3.63) is 23.8 Å². The number of likely N-dealkylation sites (N-methyl/N-ethyl adjacent to an activating group) is 1. The van der Waals surface area contributed by atoms with Crippen molar-refractivity contribution in [1.82, 2.24) is 15.1 Å². The van der Waals surface area contributed by atoms with Crippen molar-refractivity contribution in [1.29, 1.82) is 0 Å². The van der Waals surface area contributed by atoms with Crippen LogP contribution < -0.4 is 10.1 Å². The Morgan fingerprint density at radius 1 is 1.24 bits per heavy atom. The SMILES string of the molecule is COc1cccc(CNCCCN2CCN(C)CC2)c1O. The second-order valence-electron chi connectivity index (χ2n) is 5.64. The Hall–Kier alpha value is -1.30. The van der Waals surface area contributed by atoms with Gasteiger partial charge in [0, 0.05) is 38.3 Å².